The summed E-state index contributed by atoms with van der Waals surface area (Å²) < 4.78 is 0. The fourth-order valence-corrected chi connectivity index (χ4v) is 3.90. The number of anilines is 2. The lowest BCUT2D eigenvalue weighted by Crippen LogP contribution is -2.31. The Hall–Kier alpha value is -1.73. The van der Waals surface area contributed by atoms with Crippen LogP contribution in [0.2, 0.25) is 15.1 Å². The van der Waals surface area contributed by atoms with Gasteiger partial charge in [-0.15, -0.1) is 11.8 Å². The van der Waals surface area contributed by atoms with Crippen LogP contribution in [0.25, 0.3) is 0 Å². The monoisotopic (exact) mass is 442 g/mol. The zero-order chi connectivity index (χ0) is 19.6. The maximum Gasteiger partial charge on any atom is 0.247 e. The summed E-state index contributed by atoms with van der Waals surface area (Å²) in [4.78, 5) is 38.0. The average Bonchev–Trinajstić information content (AvgIpc) is 2.91. The second kappa shape index (κ2) is 8.52. The molecule has 0 aliphatic carbocycles. The minimum atomic E-state index is -0.604. The fraction of sp³-hybridized carbons (Fsp3) is 0.167. The Bertz CT molecular complexity index is 905. The van der Waals surface area contributed by atoms with E-state index in [9.17, 15) is 14.4 Å². The summed E-state index contributed by atoms with van der Waals surface area (Å²) in [5, 5.41) is 3.32. The van der Waals surface area contributed by atoms with Crippen LogP contribution in [0.15, 0.2) is 42.5 Å². The lowest BCUT2D eigenvalue weighted by molar-refractivity contribution is -0.121. The van der Waals surface area contributed by atoms with Crippen molar-refractivity contribution in [3.63, 3.8) is 0 Å². The molecule has 1 aliphatic rings. The molecule has 2 aromatic rings. The van der Waals surface area contributed by atoms with Crippen LogP contribution in [-0.4, -0.2) is 28.7 Å². The molecule has 9 heteroatoms. The Labute approximate surface area is 174 Å². The van der Waals surface area contributed by atoms with Gasteiger partial charge in [-0.1, -0.05) is 34.8 Å². The number of nitrogens with zero attached hydrogens (tertiary/aromatic N) is 1. The first-order valence-corrected chi connectivity index (χ1v) is 10.0. The van der Waals surface area contributed by atoms with Gasteiger partial charge in [0.15, 0.2) is 0 Å². The van der Waals surface area contributed by atoms with E-state index in [0.717, 1.165) is 16.7 Å². The van der Waals surface area contributed by atoms with Crippen molar-refractivity contribution in [2.24, 2.45) is 0 Å². The van der Waals surface area contributed by atoms with Crippen molar-refractivity contribution < 1.29 is 14.4 Å². The number of hydrogen-bond donors (Lipinski definition) is 1. The molecule has 27 heavy (non-hydrogen) atoms. The maximum absolute atomic E-state index is 12.5. The summed E-state index contributed by atoms with van der Waals surface area (Å²) in [5.41, 5.74) is 0.976. The number of halogens is 3. The predicted octanol–water partition coefficient (Wildman–Crippen LogP) is 4.65. The molecular weight excluding hydrogens is 431 g/mol. The van der Waals surface area contributed by atoms with Crippen LogP contribution in [0, 0.1) is 0 Å². The van der Waals surface area contributed by atoms with Crippen LogP contribution in [0.5, 0.6) is 0 Å². The zero-order valence-electron chi connectivity index (χ0n) is 13.7. The molecule has 1 N–H and O–H groups in total. The molecular formula is C18H13Cl3N2O3S. The quantitative estimate of drug-likeness (QED) is 0.683. The number of rotatable bonds is 5. The van der Waals surface area contributed by atoms with Crippen molar-refractivity contribution in [3.05, 3.63) is 57.5 Å². The Kier molecular flexibility index (Phi) is 6.32. The SMILES string of the molecule is O=C(CSC1CC(=O)N(c2ccc(Cl)cc2)C1=O)Nc1ccc(Cl)c(Cl)c1. The standard InChI is InChI=1S/C18H13Cl3N2O3S/c19-10-1-4-12(5-2-10)23-17(25)8-15(18(23)26)27-9-16(24)22-11-3-6-13(20)14(21)7-11/h1-7,15H,8-9H2,(H,22,24). The lowest BCUT2D eigenvalue weighted by Gasteiger charge is -2.15. The topological polar surface area (TPSA) is 66.5 Å². The van der Waals surface area contributed by atoms with Crippen LogP contribution in [0.1, 0.15) is 6.42 Å². The third kappa shape index (κ3) is 4.76. The molecule has 3 rings (SSSR count). The second-order valence-corrected chi connectivity index (χ2v) is 8.17. The van der Waals surface area contributed by atoms with Gasteiger partial charge in [-0.3, -0.25) is 14.4 Å². The van der Waals surface area contributed by atoms with Crippen molar-refractivity contribution in [1.29, 1.82) is 0 Å². The smallest absolute Gasteiger partial charge is 0.247 e. The van der Waals surface area contributed by atoms with Gasteiger partial charge in [-0.25, -0.2) is 4.90 Å². The first-order chi connectivity index (χ1) is 12.8. The van der Waals surface area contributed by atoms with Gasteiger partial charge in [0, 0.05) is 17.1 Å². The second-order valence-electron chi connectivity index (χ2n) is 5.72. The van der Waals surface area contributed by atoms with Gasteiger partial charge in [-0.2, -0.15) is 0 Å². The Morgan fingerprint density at radius 2 is 1.78 bits per heavy atom. The zero-order valence-corrected chi connectivity index (χ0v) is 16.8. The molecule has 1 fully saturated rings. The summed E-state index contributed by atoms with van der Waals surface area (Å²) in [6.45, 7) is 0. The van der Waals surface area contributed by atoms with Crippen molar-refractivity contribution in [2.75, 3.05) is 16.0 Å². The van der Waals surface area contributed by atoms with Gasteiger partial charge in [0.1, 0.15) is 0 Å². The van der Waals surface area contributed by atoms with Gasteiger partial charge in [0.05, 0.1) is 26.7 Å². The number of nitrogens with one attached hydrogen (secondary N) is 1. The van der Waals surface area contributed by atoms with Crippen LogP contribution in [0.4, 0.5) is 11.4 Å². The van der Waals surface area contributed by atoms with E-state index in [0.29, 0.717) is 26.4 Å². The minimum Gasteiger partial charge on any atom is -0.325 e. The highest BCUT2D eigenvalue weighted by Crippen LogP contribution is 2.30. The van der Waals surface area contributed by atoms with E-state index in [4.69, 9.17) is 34.8 Å². The van der Waals surface area contributed by atoms with Crippen molar-refractivity contribution in [1.82, 2.24) is 0 Å². The van der Waals surface area contributed by atoms with E-state index in [1.807, 2.05) is 0 Å². The molecule has 0 saturated carbocycles. The molecule has 1 aliphatic heterocycles. The number of amides is 3. The summed E-state index contributed by atoms with van der Waals surface area (Å²) >= 11 is 18.7. The molecule has 1 saturated heterocycles. The summed E-state index contributed by atoms with van der Waals surface area (Å²) in [5.74, 6) is -0.916. The average molecular weight is 444 g/mol. The summed E-state index contributed by atoms with van der Waals surface area (Å²) in [6.07, 6.45) is 0.0478. The number of hydrogen-bond acceptors (Lipinski definition) is 4. The summed E-state index contributed by atoms with van der Waals surface area (Å²) in [6, 6.07) is 11.2. The highest BCUT2D eigenvalue weighted by atomic mass is 35.5. The summed E-state index contributed by atoms with van der Waals surface area (Å²) in [7, 11) is 0. The molecule has 0 spiro atoms. The van der Waals surface area contributed by atoms with E-state index in [1.165, 1.54) is 0 Å². The van der Waals surface area contributed by atoms with Gasteiger partial charge in [0.2, 0.25) is 17.7 Å². The van der Waals surface area contributed by atoms with E-state index >= 15 is 0 Å². The molecule has 0 aromatic heterocycles. The molecule has 1 atom stereocenters. The normalized spacial score (nSPS) is 16.7. The Morgan fingerprint density at radius 1 is 1.07 bits per heavy atom. The van der Waals surface area contributed by atoms with Gasteiger partial charge < -0.3 is 5.32 Å². The van der Waals surface area contributed by atoms with Crippen molar-refractivity contribution >= 4 is 75.7 Å². The Morgan fingerprint density at radius 3 is 2.44 bits per heavy atom. The number of carbonyl (C=O) groups excluding carboxylic acids is 3. The Balaban J connectivity index is 1.58. The molecule has 140 valence electrons. The number of imide groups is 1. The molecule has 3 amide bonds. The van der Waals surface area contributed by atoms with Gasteiger partial charge in [0.25, 0.3) is 0 Å². The van der Waals surface area contributed by atoms with Crippen LogP contribution in [0.3, 0.4) is 0 Å². The predicted molar refractivity (Wildman–Crippen MR) is 110 cm³/mol. The van der Waals surface area contributed by atoms with E-state index in [1.54, 1.807) is 42.5 Å². The van der Waals surface area contributed by atoms with Crippen LogP contribution >= 0.6 is 46.6 Å². The maximum atomic E-state index is 12.5. The molecule has 2 aromatic carbocycles. The first kappa shape index (κ1) is 20.0. The van der Waals surface area contributed by atoms with Crippen molar-refractivity contribution in [2.45, 2.75) is 11.7 Å². The fourth-order valence-electron chi connectivity index (χ4n) is 2.54. The third-order valence-electron chi connectivity index (χ3n) is 3.81. The van der Waals surface area contributed by atoms with E-state index in [2.05, 4.69) is 5.32 Å². The van der Waals surface area contributed by atoms with Gasteiger partial charge >= 0.3 is 0 Å². The number of benzene rings is 2. The molecule has 0 radical (unpaired) electrons. The largest absolute Gasteiger partial charge is 0.325 e. The van der Waals surface area contributed by atoms with Crippen LogP contribution < -0.4 is 10.2 Å². The molecule has 1 unspecified atom stereocenters. The molecule has 5 nitrogen and oxygen atoms in total. The minimum absolute atomic E-state index is 0.0262. The van der Waals surface area contributed by atoms with Gasteiger partial charge in [-0.05, 0) is 42.5 Å². The molecule has 1 heterocycles. The van der Waals surface area contributed by atoms with E-state index in [-0.39, 0.29) is 29.9 Å². The highest BCUT2D eigenvalue weighted by molar-refractivity contribution is 8.01. The third-order valence-corrected chi connectivity index (χ3v) is 6.00. The highest BCUT2D eigenvalue weighted by Gasteiger charge is 2.40. The number of carbonyl (C=O) groups is 3. The number of thioether (sulfide) groups is 1. The lowest BCUT2D eigenvalue weighted by atomic mass is 10.3. The first-order valence-electron chi connectivity index (χ1n) is 7.84. The van der Waals surface area contributed by atoms with Crippen LogP contribution in [-0.2, 0) is 14.4 Å². The van der Waals surface area contributed by atoms with Crippen molar-refractivity contribution in [3.8, 4) is 0 Å². The molecule has 0 bridgehead atoms. The van der Waals surface area contributed by atoms with E-state index < -0.39 is 5.25 Å².